The van der Waals surface area contributed by atoms with E-state index in [1.807, 2.05) is 24.2 Å². The zero-order chi connectivity index (χ0) is 36.5. The normalized spacial score (nSPS) is 30.6. The van der Waals surface area contributed by atoms with Gasteiger partial charge in [0.05, 0.1) is 4.88 Å². The van der Waals surface area contributed by atoms with Crippen LogP contribution in [-0.4, -0.2) is 103 Å². The van der Waals surface area contributed by atoms with Crippen LogP contribution in [0.1, 0.15) is 96.8 Å². The molecule has 3 amide bonds. The molecule has 0 radical (unpaired) electrons. The minimum absolute atomic E-state index is 0.0312. The molecule has 15 heteroatoms. The molecule has 52 heavy (non-hydrogen) atoms. The van der Waals surface area contributed by atoms with Gasteiger partial charge in [0, 0.05) is 53.2 Å². The smallest absolute Gasteiger partial charge is 0.340 e. The van der Waals surface area contributed by atoms with E-state index in [2.05, 4.69) is 21.3 Å². The van der Waals surface area contributed by atoms with Crippen molar-refractivity contribution in [1.29, 1.82) is 0 Å². The van der Waals surface area contributed by atoms with Crippen molar-refractivity contribution in [2.24, 2.45) is 0 Å². The lowest BCUT2D eigenvalue weighted by Crippen LogP contribution is -2.59. The summed E-state index contributed by atoms with van der Waals surface area (Å²) in [6.45, 7) is 0.580. The van der Waals surface area contributed by atoms with Gasteiger partial charge in [-0.1, -0.05) is 12.1 Å². The van der Waals surface area contributed by atoms with Crippen LogP contribution in [0.3, 0.4) is 0 Å². The molecule has 3 aliphatic heterocycles. The van der Waals surface area contributed by atoms with Crippen molar-refractivity contribution in [3.05, 3.63) is 64.8 Å². The van der Waals surface area contributed by atoms with E-state index in [0.29, 0.717) is 61.6 Å². The van der Waals surface area contributed by atoms with Crippen molar-refractivity contribution in [1.82, 2.24) is 25.0 Å². The number of nitrogens with one attached hydrogen (secondary N) is 1. The second kappa shape index (κ2) is 13.5. The van der Waals surface area contributed by atoms with E-state index in [4.69, 9.17) is 0 Å². The van der Waals surface area contributed by atoms with Crippen LogP contribution in [-0.2, 0) is 14.2 Å². The molecular formula is C37H44F2N5O6PS. The minimum atomic E-state index is -5.01. The van der Waals surface area contributed by atoms with Crippen molar-refractivity contribution in [2.45, 2.75) is 118 Å². The summed E-state index contributed by atoms with van der Waals surface area (Å²) >= 11 is 1.14. The van der Waals surface area contributed by atoms with Crippen LogP contribution < -0.4 is 5.32 Å². The van der Waals surface area contributed by atoms with Gasteiger partial charge in [-0.25, -0.2) is 8.78 Å². The number of benzene rings is 1. The summed E-state index contributed by atoms with van der Waals surface area (Å²) < 4.78 is 40.5. The maximum absolute atomic E-state index is 14.6. The SMILES string of the molecule is CN(C1CC(F)C1)[C@H]1CC[C@H](NC(=O)c2cc3cc([C@H](F)P(=O)(O)O)ccc3s2)C(=O)N2[C@H](CC[C@H]2C(=O)N2C[C@@H](c3cccnc3)CC23CC3)C1. The first-order valence-electron chi connectivity index (χ1n) is 18.2. The summed E-state index contributed by atoms with van der Waals surface area (Å²) in [4.78, 5) is 72.2. The predicted molar refractivity (Wildman–Crippen MR) is 191 cm³/mol. The number of thiophene rings is 1. The number of pyridine rings is 1. The highest BCUT2D eigenvalue weighted by molar-refractivity contribution is 7.51. The molecular weight excluding hydrogens is 711 g/mol. The number of carbonyl (C=O) groups is 3. The third kappa shape index (κ3) is 6.59. The standard InChI is InChI=1S/C37H44F2N5O6PS/c1-42(28-15-25(38)16-28)26-5-7-29(41-34(45)32-14-23-13-21(4-9-31(23)52-32)33(39)51(48,49)50)35(46)44-27(17-26)6-8-30(44)36(47)43-20-24(18-37(43)10-11-37)22-3-2-12-40-19-22/h2-4,9,12-14,19,24-30,33H,5-8,10-11,15-18,20H2,1H3,(H,41,45)(H2,48,49,50)/t24-,25?,26-,27+,28?,29-,30-,33+/m0/s1. The van der Waals surface area contributed by atoms with E-state index >= 15 is 0 Å². The Bertz CT molecular complexity index is 1920. The Kier molecular flexibility index (Phi) is 9.30. The number of rotatable bonds is 8. The molecule has 11 nitrogen and oxygen atoms in total. The van der Waals surface area contributed by atoms with Gasteiger partial charge in [-0.3, -0.25) is 23.9 Å². The Balaban J connectivity index is 1.05. The van der Waals surface area contributed by atoms with E-state index in [1.54, 1.807) is 11.1 Å². The molecule has 3 aromatic rings. The molecule has 1 aromatic carbocycles. The molecule has 3 N–H and O–H groups in total. The number of fused-ring (bicyclic) bond motifs is 2. The lowest BCUT2D eigenvalue weighted by atomic mass is 9.86. The Morgan fingerprint density at radius 1 is 1.10 bits per heavy atom. The molecule has 0 unspecified atom stereocenters. The lowest BCUT2D eigenvalue weighted by Gasteiger charge is -2.45. The number of hydrogen-bond acceptors (Lipinski definition) is 7. The van der Waals surface area contributed by atoms with Gasteiger partial charge in [0.1, 0.15) is 18.3 Å². The van der Waals surface area contributed by atoms with Gasteiger partial charge in [0.2, 0.25) is 17.7 Å². The number of likely N-dealkylation sites (tertiary alicyclic amines) is 1. The van der Waals surface area contributed by atoms with E-state index < -0.39 is 37.7 Å². The second-order valence-electron chi connectivity index (χ2n) is 15.6. The van der Waals surface area contributed by atoms with E-state index in [-0.39, 0.29) is 51.8 Å². The fraction of sp³-hybridized carbons (Fsp3) is 0.568. The quantitative estimate of drug-likeness (QED) is 0.259. The third-order valence-electron chi connectivity index (χ3n) is 12.4. The Labute approximate surface area is 304 Å². The number of nitrogens with zero attached hydrogens (tertiary/aromatic N) is 4. The zero-order valence-corrected chi connectivity index (χ0v) is 30.7. The highest BCUT2D eigenvalue weighted by Gasteiger charge is 2.58. The number of hydrogen-bond donors (Lipinski definition) is 3. The van der Waals surface area contributed by atoms with Crippen LogP contribution in [0.25, 0.3) is 10.1 Å². The van der Waals surface area contributed by atoms with Crippen LogP contribution in [0.2, 0.25) is 0 Å². The summed E-state index contributed by atoms with van der Waals surface area (Å²) in [7, 11) is -3.00. The second-order valence-corrected chi connectivity index (χ2v) is 18.3. The van der Waals surface area contributed by atoms with Crippen LogP contribution >= 0.6 is 18.9 Å². The first-order chi connectivity index (χ1) is 24.8. The number of alkyl halides is 2. The maximum atomic E-state index is 14.6. The molecule has 8 rings (SSSR count). The van der Waals surface area contributed by atoms with Crippen LogP contribution in [0.15, 0.2) is 48.8 Å². The van der Waals surface area contributed by atoms with Crippen LogP contribution in [0.4, 0.5) is 8.78 Å². The summed E-state index contributed by atoms with van der Waals surface area (Å²) in [5, 5.41) is 3.42. The summed E-state index contributed by atoms with van der Waals surface area (Å²) in [5.41, 5.74) is 0.731. The van der Waals surface area contributed by atoms with E-state index in [1.165, 1.54) is 24.3 Å². The van der Waals surface area contributed by atoms with E-state index in [9.17, 15) is 37.5 Å². The Morgan fingerprint density at radius 2 is 1.88 bits per heavy atom. The van der Waals surface area contributed by atoms with Gasteiger partial charge >= 0.3 is 7.60 Å². The van der Waals surface area contributed by atoms with Gasteiger partial charge < -0.3 is 29.8 Å². The first-order valence-corrected chi connectivity index (χ1v) is 20.7. The fourth-order valence-corrected chi connectivity index (χ4v) is 10.7. The van der Waals surface area contributed by atoms with Crippen molar-refractivity contribution in [3.8, 4) is 0 Å². The number of carbonyl (C=O) groups excluding carboxylic acids is 3. The van der Waals surface area contributed by atoms with Crippen LogP contribution in [0, 0.1) is 0 Å². The summed E-state index contributed by atoms with van der Waals surface area (Å²) in [6.07, 6.45) is 9.32. The Hall–Kier alpha value is -3.29. The number of aromatic nitrogens is 1. The van der Waals surface area contributed by atoms with Gasteiger partial charge in [-0.05, 0) is 112 Å². The monoisotopic (exact) mass is 755 g/mol. The molecule has 5 fully saturated rings. The molecule has 0 bridgehead atoms. The van der Waals surface area contributed by atoms with Gasteiger partial charge in [-0.15, -0.1) is 11.3 Å². The lowest BCUT2D eigenvalue weighted by molar-refractivity contribution is -0.148. The average molecular weight is 756 g/mol. The maximum Gasteiger partial charge on any atom is 0.363 e. The van der Waals surface area contributed by atoms with E-state index in [0.717, 1.165) is 36.2 Å². The molecule has 2 aliphatic carbocycles. The van der Waals surface area contributed by atoms with Gasteiger partial charge in [-0.2, -0.15) is 0 Å². The minimum Gasteiger partial charge on any atom is -0.340 e. The highest BCUT2D eigenvalue weighted by atomic mass is 32.1. The van der Waals surface area contributed by atoms with Gasteiger partial charge in [0.15, 0.2) is 0 Å². The molecule has 5 aliphatic rings. The molecule has 5 heterocycles. The molecule has 3 saturated heterocycles. The number of halogens is 2. The van der Waals surface area contributed by atoms with Crippen LogP contribution in [0.5, 0.6) is 0 Å². The fourth-order valence-electron chi connectivity index (χ4n) is 9.20. The molecule has 6 atom stereocenters. The van der Waals surface area contributed by atoms with Crippen molar-refractivity contribution >= 4 is 46.7 Å². The zero-order valence-electron chi connectivity index (χ0n) is 28.9. The molecule has 2 aromatic heterocycles. The van der Waals surface area contributed by atoms with Crippen molar-refractivity contribution < 1.29 is 37.5 Å². The predicted octanol–water partition coefficient (Wildman–Crippen LogP) is 5.43. The topological polar surface area (TPSA) is 143 Å². The highest BCUT2D eigenvalue weighted by Crippen LogP contribution is 2.55. The molecule has 278 valence electrons. The molecule has 1 spiro atoms. The summed E-state index contributed by atoms with van der Waals surface area (Å²) in [6, 6.07) is 8.04. The third-order valence-corrected chi connectivity index (χ3v) is 14.4. The van der Waals surface area contributed by atoms with Crippen molar-refractivity contribution in [2.75, 3.05) is 13.6 Å². The summed E-state index contributed by atoms with van der Waals surface area (Å²) in [5.74, 6) is -3.11. The largest absolute Gasteiger partial charge is 0.363 e. The average Bonchev–Trinajstić information content (AvgIpc) is 3.40. The number of amides is 3. The van der Waals surface area contributed by atoms with Gasteiger partial charge in [0.25, 0.3) is 5.91 Å². The Morgan fingerprint density at radius 3 is 2.58 bits per heavy atom. The molecule has 2 saturated carbocycles. The first kappa shape index (κ1) is 35.7. The van der Waals surface area contributed by atoms with Crippen molar-refractivity contribution in [3.63, 3.8) is 0 Å².